The molecule has 0 aromatic heterocycles. The molecule has 0 bridgehead atoms. The molecule has 0 aliphatic heterocycles. The smallest absolute Gasteiger partial charge is 0.300 e. The maximum absolute atomic E-state index is 13.8. The Morgan fingerprint density at radius 3 is 1.89 bits per heavy atom. The zero-order valence-electron chi connectivity index (χ0n) is 14.1. The third-order valence-electron chi connectivity index (χ3n) is 3.58. The van der Waals surface area contributed by atoms with Crippen molar-refractivity contribution in [1.82, 2.24) is 0 Å². The fourth-order valence-corrected chi connectivity index (χ4v) is 2.82. The average molecular weight is 408 g/mol. The summed E-state index contributed by atoms with van der Waals surface area (Å²) in [6, 6.07) is 7.24. The van der Waals surface area contributed by atoms with Crippen molar-refractivity contribution in [2.45, 2.75) is 24.7 Å². The minimum absolute atomic E-state index is 0.1000. The SMILES string of the molecule is CCc1ccc(OCCCOc2c(F)c(F)c(S(=O)(=O)O)c(F)c2F)cc1. The van der Waals surface area contributed by atoms with E-state index in [9.17, 15) is 26.0 Å². The highest BCUT2D eigenvalue weighted by Crippen LogP contribution is 2.32. The van der Waals surface area contributed by atoms with Crippen LogP contribution in [0.25, 0.3) is 0 Å². The van der Waals surface area contributed by atoms with E-state index in [-0.39, 0.29) is 19.6 Å². The highest BCUT2D eigenvalue weighted by atomic mass is 32.2. The second-order valence-corrected chi connectivity index (χ2v) is 6.80. The molecule has 0 atom stereocenters. The summed E-state index contributed by atoms with van der Waals surface area (Å²) in [5.74, 6) is -9.49. The van der Waals surface area contributed by atoms with E-state index < -0.39 is 44.0 Å². The molecule has 27 heavy (non-hydrogen) atoms. The van der Waals surface area contributed by atoms with Crippen LogP contribution in [0, 0.1) is 23.3 Å². The van der Waals surface area contributed by atoms with Crippen LogP contribution >= 0.6 is 0 Å². The number of halogens is 4. The first kappa shape index (κ1) is 21.0. The minimum atomic E-state index is -5.50. The molecule has 5 nitrogen and oxygen atoms in total. The largest absolute Gasteiger partial charge is 0.493 e. The van der Waals surface area contributed by atoms with E-state index in [2.05, 4.69) is 4.74 Å². The van der Waals surface area contributed by atoms with Crippen molar-refractivity contribution in [2.75, 3.05) is 13.2 Å². The first-order valence-electron chi connectivity index (χ1n) is 7.84. The van der Waals surface area contributed by atoms with Crippen molar-refractivity contribution < 1.29 is 40.0 Å². The Morgan fingerprint density at radius 2 is 1.41 bits per heavy atom. The molecule has 0 fully saturated rings. The Bertz CT molecular complexity index is 885. The molecule has 2 rings (SSSR count). The van der Waals surface area contributed by atoms with Crippen molar-refractivity contribution in [3.8, 4) is 11.5 Å². The van der Waals surface area contributed by atoms with Gasteiger partial charge >= 0.3 is 10.1 Å². The van der Waals surface area contributed by atoms with Gasteiger partial charge in [0.05, 0.1) is 13.2 Å². The molecule has 0 aliphatic rings. The van der Waals surface area contributed by atoms with Gasteiger partial charge in [-0.15, -0.1) is 0 Å². The molecule has 2 aromatic carbocycles. The van der Waals surface area contributed by atoms with Crippen LogP contribution in [0.3, 0.4) is 0 Å². The van der Waals surface area contributed by atoms with Gasteiger partial charge in [-0.2, -0.15) is 17.2 Å². The summed E-state index contributed by atoms with van der Waals surface area (Å²) < 4.78 is 95.2. The minimum Gasteiger partial charge on any atom is -0.493 e. The highest BCUT2D eigenvalue weighted by molar-refractivity contribution is 7.85. The summed E-state index contributed by atoms with van der Waals surface area (Å²) in [5, 5.41) is 0. The Hall–Kier alpha value is -2.33. The predicted octanol–water partition coefficient (Wildman–Crippen LogP) is 3.90. The van der Waals surface area contributed by atoms with E-state index in [1.54, 1.807) is 12.1 Å². The standard InChI is InChI=1S/C17H16F4O5S/c1-2-10-4-6-11(7-5-10)25-8-3-9-26-16-12(18)14(20)17(27(22,23)24)15(21)13(16)19/h4-7H,2-3,8-9H2,1H3,(H,22,23,24). The highest BCUT2D eigenvalue weighted by Gasteiger charge is 2.33. The predicted molar refractivity (Wildman–Crippen MR) is 87.5 cm³/mol. The van der Waals surface area contributed by atoms with Gasteiger partial charge in [0.25, 0.3) is 0 Å². The Labute approximate surface area is 153 Å². The lowest BCUT2D eigenvalue weighted by atomic mass is 10.2. The van der Waals surface area contributed by atoms with E-state index in [0.717, 1.165) is 12.0 Å². The Kier molecular flexibility index (Phi) is 6.66. The van der Waals surface area contributed by atoms with Gasteiger partial charge in [-0.05, 0) is 24.1 Å². The monoisotopic (exact) mass is 408 g/mol. The summed E-state index contributed by atoms with van der Waals surface area (Å²) in [5.41, 5.74) is 1.12. The van der Waals surface area contributed by atoms with Gasteiger partial charge < -0.3 is 9.47 Å². The molecule has 2 aromatic rings. The molecule has 0 radical (unpaired) electrons. The molecular formula is C17H16F4O5S. The number of aryl methyl sites for hydroxylation is 1. The summed E-state index contributed by atoms with van der Waals surface area (Å²) in [4.78, 5) is -2.11. The van der Waals surface area contributed by atoms with Gasteiger partial charge in [-0.1, -0.05) is 19.1 Å². The van der Waals surface area contributed by atoms with E-state index in [1.165, 1.54) is 0 Å². The van der Waals surface area contributed by atoms with Crippen LogP contribution in [0.15, 0.2) is 29.2 Å². The summed E-state index contributed by atoms with van der Waals surface area (Å²) in [6.45, 7) is 1.74. The molecule has 0 spiro atoms. The molecule has 10 heteroatoms. The first-order valence-corrected chi connectivity index (χ1v) is 9.28. The van der Waals surface area contributed by atoms with Crippen LogP contribution in [-0.2, 0) is 16.5 Å². The molecule has 0 aliphatic carbocycles. The molecule has 0 saturated carbocycles. The lowest BCUT2D eigenvalue weighted by molar-refractivity contribution is 0.226. The maximum atomic E-state index is 13.8. The lowest BCUT2D eigenvalue weighted by Crippen LogP contribution is -2.13. The van der Waals surface area contributed by atoms with Crippen LogP contribution in [0.1, 0.15) is 18.9 Å². The zero-order chi connectivity index (χ0) is 20.2. The first-order chi connectivity index (χ1) is 12.7. The third kappa shape index (κ3) is 4.89. The number of hydrogen-bond donors (Lipinski definition) is 1. The molecule has 0 amide bonds. The fraction of sp³-hybridized carbons (Fsp3) is 0.294. The maximum Gasteiger partial charge on any atom is 0.300 e. The summed E-state index contributed by atoms with van der Waals surface area (Å²) in [6.07, 6.45) is 0.992. The van der Waals surface area contributed by atoms with Gasteiger partial charge in [0, 0.05) is 6.42 Å². The van der Waals surface area contributed by atoms with Crippen LogP contribution < -0.4 is 9.47 Å². The van der Waals surface area contributed by atoms with Crippen molar-refractivity contribution in [1.29, 1.82) is 0 Å². The second-order valence-electron chi connectivity index (χ2n) is 5.44. The third-order valence-corrected chi connectivity index (χ3v) is 4.45. The van der Waals surface area contributed by atoms with Crippen LogP contribution in [0.2, 0.25) is 0 Å². The molecule has 0 heterocycles. The van der Waals surface area contributed by atoms with Gasteiger partial charge in [0.2, 0.25) is 11.6 Å². The molecule has 1 N–H and O–H groups in total. The van der Waals surface area contributed by atoms with Crippen LogP contribution in [0.4, 0.5) is 17.6 Å². The van der Waals surface area contributed by atoms with Crippen molar-refractivity contribution in [2.24, 2.45) is 0 Å². The summed E-state index contributed by atoms with van der Waals surface area (Å²) in [7, 11) is -5.50. The quantitative estimate of drug-likeness (QED) is 0.310. The Balaban J connectivity index is 1.99. The van der Waals surface area contributed by atoms with E-state index in [0.29, 0.717) is 5.75 Å². The van der Waals surface area contributed by atoms with Gasteiger partial charge in [0.1, 0.15) is 5.75 Å². The van der Waals surface area contributed by atoms with Gasteiger partial charge in [-0.3, -0.25) is 4.55 Å². The number of hydrogen-bond acceptors (Lipinski definition) is 4. The van der Waals surface area contributed by atoms with E-state index in [4.69, 9.17) is 9.29 Å². The number of benzene rings is 2. The van der Waals surface area contributed by atoms with Crippen molar-refractivity contribution in [3.63, 3.8) is 0 Å². The Morgan fingerprint density at radius 1 is 0.889 bits per heavy atom. The topological polar surface area (TPSA) is 72.8 Å². The zero-order valence-corrected chi connectivity index (χ0v) is 15.0. The molecule has 148 valence electrons. The second kappa shape index (κ2) is 8.57. The normalized spacial score (nSPS) is 11.5. The molecular weight excluding hydrogens is 392 g/mol. The lowest BCUT2D eigenvalue weighted by Gasteiger charge is -2.12. The number of rotatable bonds is 8. The molecule has 0 unspecified atom stereocenters. The fourth-order valence-electron chi connectivity index (χ4n) is 2.19. The number of ether oxygens (including phenoxy) is 2. The summed E-state index contributed by atoms with van der Waals surface area (Å²) >= 11 is 0. The van der Waals surface area contributed by atoms with Crippen LogP contribution in [0.5, 0.6) is 11.5 Å². The molecule has 0 saturated heterocycles. The van der Waals surface area contributed by atoms with Gasteiger partial charge in [-0.25, -0.2) is 8.78 Å². The van der Waals surface area contributed by atoms with Crippen molar-refractivity contribution in [3.05, 3.63) is 53.1 Å². The van der Waals surface area contributed by atoms with E-state index >= 15 is 0 Å². The van der Waals surface area contributed by atoms with E-state index in [1.807, 2.05) is 19.1 Å². The van der Waals surface area contributed by atoms with Crippen LogP contribution in [-0.4, -0.2) is 26.2 Å². The average Bonchev–Trinajstić information content (AvgIpc) is 2.62. The van der Waals surface area contributed by atoms with Crippen molar-refractivity contribution >= 4 is 10.1 Å². The van der Waals surface area contributed by atoms with Gasteiger partial charge in [0.15, 0.2) is 22.3 Å².